The first-order valence-corrected chi connectivity index (χ1v) is 13.7. The number of nitrogens with zero attached hydrogens (tertiary/aromatic N) is 3. The maximum Gasteiger partial charge on any atom is 0.168 e. The van der Waals surface area contributed by atoms with Gasteiger partial charge in [0, 0.05) is 49.7 Å². The van der Waals surface area contributed by atoms with Crippen LogP contribution in [0, 0.1) is 5.92 Å². The summed E-state index contributed by atoms with van der Waals surface area (Å²) in [5, 5.41) is 1.13. The maximum absolute atomic E-state index is 12.2. The molecular formula is C31H43N3O. The molecule has 2 aliphatic rings. The van der Waals surface area contributed by atoms with Crippen LogP contribution in [0.4, 0.5) is 0 Å². The van der Waals surface area contributed by atoms with E-state index in [4.69, 9.17) is 0 Å². The molecule has 35 heavy (non-hydrogen) atoms. The van der Waals surface area contributed by atoms with Gasteiger partial charge in [0.15, 0.2) is 5.78 Å². The number of aryl methyl sites for hydroxylation is 2. The van der Waals surface area contributed by atoms with Crippen molar-refractivity contribution in [2.45, 2.75) is 52.4 Å². The summed E-state index contributed by atoms with van der Waals surface area (Å²) in [6.07, 6.45) is 8.95. The van der Waals surface area contributed by atoms with Crippen LogP contribution < -0.4 is 0 Å². The van der Waals surface area contributed by atoms with Crippen molar-refractivity contribution < 1.29 is 4.79 Å². The predicted octanol–water partition coefficient (Wildman–Crippen LogP) is 5.98. The van der Waals surface area contributed by atoms with E-state index in [0.717, 1.165) is 30.2 Å². The zero-order valence-electron chi connectivity index (χ0n) is 22.0. The zero-order chi connectivity index (χ0) is 24.6. The van der Waals surface area contributed by atoms with E-state index in [-0.39, 0.29) is 0 Å². The van der Waals surface area contributed by atoms with Crippen LogP contribution in [0.25, 0.3) is 10.9 Å². The maximum atomic E-state index is 12.2. The van der Waals surface area contributed by atoms with Gasteiger partial charge in [-0.25, -0.2) is 0 Å². The van der Waals surface area contributed by atoms with E-state index >= 15 is 0 Å². The van der Waals surface area contributed by atoms with Crippen molar-refractivity contribution >= 4 is 16.7 Å². The van der Waals surface area contributed by atoms with Gasteiger partial charge in [-0.1, -0.05) is 62.4 Å². The fraction of sp³-hybridized carbons (Fsp3) is 0.516. The van der Waals surface area contributed by atoms with Crippen molar-refractivity contribution in [1.82, 2.24) is 14.4 Å². The Hall–Kier alpha value is -2.43. The fourth-order valence-corrected chi connectivity index (χ4v) is 5.32. The number of Topliss-reactive ketones (excluding diaryl/α,β-unsaturated/α-hetero) is 1. The summed E-state index contributed by atoms with van der Waals surface area (Å²) >= 11 is 0. The van der Waals surface area contributed by atoms with Crippen LogP contribution in [0.15, 0.2) is 54.7 Å². The van der Waals surface area contributed by atoms with Crippen LogP contribution in [0.3, 0.4) is 0 Å². The molecule has 0 unspecified atom stereocenters. The number of hydrogen-bond acceptors (Lipinski definition) is 3. The second-order valence-electron chi connectivity index (χ2n) is 10.2. The second-order valence-corrected chi connectivity index (χ2v) is 10.2. The number of carbonyl (C=O) groups excluding carboxylic acids is 1. The molecule has 1 aliphatic carbocycles. The molecule has 2 heterocycles. The Morgan fingerprint density at radius 1 is 0.886 bits per heavy atom. The number of rotatable bonds is 8. The molecule has 0 spiro atoms. The summed E-state index contributed by atoms with van der Waals surface area (Å²) in [4.78, 5) is 17.5. The number of benzene rings is 2. The summed E-state index contributed by atoms with van der Waals surface area (Å²) in [5.41, 5.74) is 4.92. The topological polar surface area (TPSA) is 28.5 Å². The van der Waals surface area contributed by atoms with Crippen LogP contribution in [0.1, 0.15) is 61.0 Å². The van der Waals surface area contributed by atoms with E-state index in [1.165, 1.54) is 75.2 Å². The second kappa shape index (κ2) is 12.5. The van der Waals surface area contributed by atoms with E-state index in [1.807, 2.05) is 13.2 Å². The first-order chi connectivity index (χ1) is 17.1. The van der Waals surface area contributed by atoms with Gasteiger partial charge in [0.2, 0.25) is 0 Å². The van der Waals surface area contributed by atoms with Crippen LogP contribution in [-0.2, 0) is 19.9 Å². The molecule has 1 saturated heterocycles. The van der Waals surface area contributed by atoms with Crippen molar-refractivity contribution in [3.05, 3.63) is 71.4 Å². The third-order valence-corrected chi connectivity index (χ3v) is 7.46. The molecule has 3 aromatic rings. The molecule has 1 aliphatic heterocycles. The Labute approximate surface area is 211 Å². The number of fused-ring (bicyclic) bond motifs is 1. The lowest BCUT2D eigenvalue weighted by Crippen LogP contribution is -2.32. The molecule has 1 aromatic heterocycles. The highest BCUT2D eigenvalue weighted by Gasteiger charge is 2.32. The molecule has 2 fully saturated rings. The minimum Gasteiger partial charge on any atom is -0.350 e. The molecule has 2 aromatic carbocycles. The third kappa shape index (κ3) is 6.83. The van der Waals surface area contributed by atoms with Gasteiger partial charge in [0.25, 0.3) is 0 Å². The first kappa shape index (κ1) is 25.7. The molecule has 188 valence electrons. The fourth-order valence-electron chi connectivity index (χ4n) is 5.32. The molecule has 0 bridgehead atoms. The highest BCUT2D eigenvalue weighted by Crippen LogP contribution is 2.35. The molecule has 4 nitrogen and oxygen atoms in total. The highest BCUT2D eigenvalue weighted by atomic mass is 16.1. The minimum absolute atomic E-state index is 0.297. The molecule has 0 radical (unpaired) electrons. The van der Waals surface area contributed by atoms with Gasteiger partial charge < -0.3 is 14.4 Å². The summed E-state index contributed by atoms with van der Waals surface area (Å²) in [7, 11) is 2.03. The number of carbonyl (C=O) groups is 1. The smallest absolute Gasteiger partial charge is 0.168 e. The van der Waals surface area contributed by atoms with E-state index in [2.05, 4.69) is 76.7 Å². The van der Waals surface area contributed by atoms with Gasteiger partial charge in [0.1, 0.15) is 0 Å². The quantitative estimate of drug-likeness (QED) is 0.377. The van der Waals surface area contributed by atoms with Gasteiger partial charge in [-0.3, -0.25) is 4.79 Å². The Bertz CT molecular complexity index is 1080. The molecule has 0 amide bonds. The monoisotopic (exact) mass is 473 g/mol. The van der Waals surface area contributed by atoms with Crippen molar-refractivity contribution in [2.75, 3.05) is 39.3 Å². The van der Waals surface area contributed by atoms with Gasteiger partial charge in [0.05, 0.1) is 5.52 Å². The van der Waals surface area contributed by atoms with E-state index in [0.29, 0.717) is 11.7 Å². The first-order valence-electron chi connectivity index (χ1n) is 13.7. The lowest BCUT2D eigenvalue weighted by atomic mass is 10.0. The molecule has 0 atom stereocenters. The lowest BCUT2D eigenvalue weighted by Gasteiger charge is -2.21. The summed E-state index contributed by atoms with van der Waals surface area (Å²) < 4.78 is 2.10. The van der Waals surface area contributed by atoms with E-state index in [1.54, 1.807) is 0 Å². The average Bonchev–Trinajstić information content (AvgIpc) is 3.71. The van der Waals surface area contributed by atoms with Gasteiger partial charge in [-0.05, 0) is 69.3 Å². The van der Waals surface area contributed by atoms with Crippen LogP contribution in [0.2, 0.25) is 0 Å². The van der Waals surface area contributed by atoms with Crippen molar-refractivity contribution in [3.8, 4) is 0 Å². The summed E-state index contributed by atoms with van der Waals surface area (Å²) in [6.45, 7) is 12.0. The highest BCUT2D eigenvalue weighted by molar-refractivity contribution is 6.10. The van der Waals surface area contributed by atoms with Crippen molar-refractivity contribution in [3.63, 3.8) is 0 Å². The molecule has 1 saturated carbocycles. The number of aromatic nitrogens is 1. The standard InChI is InChI=1S/C16H26N2.C15H17NO/c1-2-10-17-11-6-12-18(15-14-17)13-9-16-7-4-3-5-8-16;1-3-10-5-4-6-12-13(9-16(2)14(10)12)15(17)11-7-8-11/h3-5,7-8H,2,6,9-15H2,1H3;4-6,9,11H,3,7-8H2,1-2H3. The SMILES string of the molecule is CCCN1CCCN(CCc2ccccc2)CC1.CCc1cccc2c(C(=O)C3CC3)cn(C)c12. The normalized spacial score (nSPS) is 17.1. The number of hydrogen-bond donors (Lipinski definition) is 0. The van der Waals surface area contributed by atoms with Crippen LogP contribution >= 0.6 is 0 Å². The Balaban J connectivity index is 0.000000165. The summed E-state index contributed by atoms with van der Waals surface area (Å²) in [6, 6.07) is 17.1. The Kier molecular flexibility index (Phi) is 9.17. The minimum atomic E-state index is 0.297. The number of ketones is 1. The van der Waals surface area contributed by atoms with Gasteiger partial charge in [-0.2, -0.15) is 0 Å². The summed E-state index contributed by atoms with van der Waals surface area (Å²) in [5.74, 6) is 0.634. The Morgan fingerprint density at radius 3 is 2.26 bits per heavy atom. The molecular weight excluding hydrogens is 430 g/mol. The van der Waals surface area contributed by atoms with Crippen molar-refractivity contribution in [1.29, 1.82) is 0 Å². The Morgan fingerprint density at radius 2 is 1.60 bits per heavy atom. The predicted molar refractivity (Wildman–Crippen MR) is 147 cm³/mol. The van der Waals surface area contributed by atoms with Crippen LogP contribution in [-0.4, -0.2) is 59.4 Å². The van der Waals surface area contributed by atoms with Crippen LogP contribution in [0.5, 0.6) is 0 Å². The average molecular weight is 474 g/mol. The third-order valence-electron chi connectivity index (χ3n) is 7.46. The zero-order valence-corrected chi connectivity index (χ0v) is 22.0. The largest absolute Gasteiger partial charge is 0.350 e. The molecule has 4 heteroatoms. The van der Waals surface area contributed by atoms with Crippen molar-refractivity contribution in [2.24, 2.45) is 13.0 Å². The van der Waals surface area contributed by atoms with Gasteiger partial charge >= 0.3 is 0 Å². The van der Waals surface area contributed by atoms with E-state index in [9.17, 15) is 4.79 Å². The lowest BCUT2D eigenvalue weighted by molar-refractivity contribution is 0.0969. The van der Waals surface area contributed by atoms with E-state index < -0.39 is 0 Å². The molecule has 5 rings (SSSR count). The van der Waals surface area contributed by atoms with Gasteiger partial charge in [-0.15, -0.1) is 0 Å². The molecule has 0 N–H and O–H groups in total. The number of para-hydroxylation sites is 1.